The van der Waals surface area contributed by atoms with Gasteiger partial charge in [-0.25, -0.2) is 4.98 Å². The summed E-state index contributed by atoms with van der Waals surface area (Å²) in [7, 11) is 0. The zero-order chi connectivity index (χ0) is 17.6. The quantitative estimate of drug-likeness (QED) is 0.813. The maximum atomic E-state index is 12.3. The van der Waals surface area contributed by atoms with Crippen LogP contribution in [-0.2, 0) is 0 Å². The summed E-state index contributed by atoms with van der Waals surface area (Å²) in [5.74, 6) is 1.94. The first kappa shape index (κ1) is 17.3. The number of rotatable bonds is 6. The van der Waals surface area contributed by atoms with E-state index in [0.29, 0.717) is 24.8 Å². The maximum absolute atomic E-state index is 12.3. The third kappa shape index (κ3) is 4.29. The highest BCUT2D eigenvalue weighted by atomic mass is 16.3. The van der Waals surface area contributed by atoms with Crippen LogP contribution in [0.2, 0.25) is 0 Å². The van der Waals surface area contributed by atoms with Crippen molar-refractivity contribution in [3.05, 3.63) is 35.9 Å². The highest BCUT2D eigenvalue weighted by molar-refractivity contribution is 5.91. The molecule has 25 heavy (non-hydrogen) atoms. The maximum Gasteiger partial charge on any atom is 0.289 e. The van der Waals surface area contributed by atoms with Gasteiger partial charge < -0.3 is 19.5 Å². The molecule has 0 bridgehead atoms. The minimum Gasteiger partial charge on any atom is -0.459 e. The van der Waals surface area contributed by atoms with Gasteiger partial charge in [0.05, 0.1) is 6.26 Å². The fourth-order valence-corrected chi connectivity index (χ4v) is 2.86. The average Bonchev–Trinajstić information content (AvgIpc) is 3.16. The number of nitrogens with zero attached hydrogens (tertiary/aromatic N) is 4. The van der Waals surface area contributed by atoms with Crippen molar-refractivity contribution in [2.24, 2.45) is 0 Å². The largest absolute Gasteiger partial charge is 0.459 e. The molecule has 0 aromatic carbocycles. The Morgan fingerprint density at radius 3 is 2.76 bits per heavy atom. The van der Waals surface area contributed by atoms with Crippen molar-refractivity contribution in [1.82, 2.24) is 14.9 Å². The summed E-state index contributed by atoms with van der Waals surface area (Å²) in [4.78, 5) is 25.4. The van der Waals surface area contributed by atoms with Crippen LogP contribution in [0.25, 0.3) is 0 Å². The number of aryl methyl sites for hydroxylation is 1. The first-order chi connectivity index (χ1) is 12.2. The van der Waals surface area contributed by atoms with Gasteiger partial charge in [-0.1, -0.05) is 13.3 Å². The normalized spacial score (nSPS) is 14.6. The first-order valence-electron chi connectivity index (χ1n) is 8.84. The molecule has 1 fully saturated rings. The van der Waals surface area contributed by atoms with Crippen LogP contribution in [-0.4, -0.2) is 53.5 Å². The highest BCUT2D eigenvalue weighted by Crippen LogP contribution is 2.18. The second-order valence-corrected chi connectivity index (χ2v) is 6.23. The van der Waals surface area contributed by atoms with E-state index in [2.05, 4.69) is 27.1 Å². The zero-order valence-corrected chi connectivity index (χ0v) is 14.9. The van der Waals surface area contributed by atoms with Crippen LogP contribution in [0.15, 0.2) is 28.9 Å². The number of unbranched alkanes of at least 4 members (excludes halogenated alkanes) is 1. The molecule has 1 aliphatic rings. The first-order valence-corrected chi connectivity index (χ1v) is 8.84. The summed E-state index contributed by atoms with van der Waals surface area (Å²) >= 11 is 0. The lowest BCUT2D eigenvalue weighted by atomic mass is 10.2. The molecule has 1 amide bonds. The van der Waals surface area contributed by atoms with E-state index in [4.69, 9.17) is 4.42 Å². The lowest BCUT2D eigenvalue weighted by Gasteiger charge is -2.35. The summed E-state index contributed by atoms with van der Waals surface area (Å²) in [6.45, 7) is 7.82. The van der Waals surface area contributed by atoms with Gasteiger partial charge in [-0.05, 0) is 25.5 Å². The monoisotopic (exact) mass is 343 g/mol. The number of furan rings is 1. The van der Waals surface area contributed by atoms with Gasteiger partial charge in [0.15, 0.2) is 5.76 Å². The fraction of sp³-hybridized carbons (Fsp3) is 0.500. The molecule has 134 valence electrons. The van der Waals surface area contributed by atoms with Gasteiger partial charge in [-0.3, -0.25) is 4.79 Å². The van der Waals surface area contributed by atoms with Gasteiger partial charge in [-0.2, -0.15) is 4.98 Å². The van der Waals surface area contributed by atoms with Crippen molar-refractivity contribution < 1.29 is 9.21 Å². The Morgan fingerprint density at radius 2 is 2.08 bits per heavy atom. The van der Waals surface area contributed by atoms with Crippen molar-refractivity contribution in [2.75, 3.05) is 42.9 Å². The van der Waals surface area contributed by atoms with Crippen LogP contribution in [0.5, 0.6) is 0 Å². The Labute approximate surface area is 148 Å². The number of amides is 1. The number of aromatic nitrogens is 2. The average molecular weight is 343 g/mol. The summed E-state index contributed by atoms with van der Waals surface area (Å²) in [6, 6.07) is 5.44. The molecule has 0 atom stereocenters. The predicted molar refractivity (Wildman–Crippen MR) is 97.0 cm³/mol. The Hall–Kier alpha value is -2.57. The summed E-state index contributed by atoms with van der Waals surface area (Å²) < 4.78 is 5.20. The lowest BCUT2D eigenvalue weighted by molar-refractivity contribution is 0.0714. The third-order valence-electron chi connectivity index (χ3n) is 4.28. The fourth-order valence-electron chi connectivity index (χ4n) is 2.86. The van der Waals surface area contributed by atoms with Crippen molar-refractivity contribution >= 4 is 17.7 Å². The van der Waals surface area contributed by atoms with Crippen LogP contribution in [0.4, 0.5) is 11.8 Å². The SMILES string of the molecule is CCCCNc1nc(C)cc(N2CCN(C(=O)c3ccco3)CC2)n1. The Balaban J connectivity index is 1.61. The van der Waals surface area contributed by atoms with E-state index in [1.807, 2.05) is 17.9 Å². The molecule has 2 aromatic rings. The second kappa shape index (κ2) is 8.00. The third-order valence-corrected chi connectivity index (χ3v) is 4.28. The number of carbonyl (C=O) groups excluding carboxylic acids is 1. The van der Waals surface area contributed by atoms with Gasteiger partial charge in [0.25, 0.3) is 5.91 Å². The van der Waals surface area contributed by atoms with Crippen LogP contribution >= 0.6 is 0 Å². The number of nitrogens with one attached hydrogen (secondary N) is 1. The summed E-state index contributed by atoms with van der Waals surface area (Å²) in [5, 5.41) is 3.29. The smallest absolute Gasteiger partial charge is 0.289 e. The molecule has 0 aliphatic carbocycles. The van der Waals surface area contributed by atoms with Crippen molar-refractivity contribution in [2.45, 2.75) is 26.7 Å². The molecular weight excluding hydrogens is 318 g/mol. The minimum atomic E-state index is -0.0505. The van der Waals surface area contributed by atoms with Crippen LogP contribution in [0.3, 0.4) is 0 Å². The van der Waals surface area contributed by atoms with E-state index >= 15 is 0 Å². The minimum absolute atomic E-state index is 0.0505. The molecule has 1 N–H and O–H groups in total. The van der Waals surface area contributed by atoms with Crippen LogP contribution in [0.1, 0.15) is 36.0 Å². The zero-order valence-electron chi connectivity index (χ0n) is 14.9. The van der Waals surface area contributed by atoms with Gasteiger partial charge in [0.1, 0.15) is 5.82 Å². The number of anilines is 2. The molecule has 0 spiro atoms. The number of hydrogen-bond acceptors (Lipinski definition) is 6. The second-order valence-electron chi connectivity index (χ2n) is 6.23. The van der Waals surface area contributed by atoms with E-state index < -0.39 is 0 Å². The van der Waals surface area contributed by atoms with Gasteiger partial charge in [0, 0.05) is 44.5 Å². The van der Waals surface area contributed by atoms with Gasteiger partial charge in [0.2, 0.25) is 5.95 Å². The molecule has 3 heterocycles. The van der Waals surface area contributed by atoms with Crippen LogP contribution in [0, 0.1) is 6.92 Å². The molecule has 2 aromatic heterocycles. The molecule has 0 saturated carbocycles. The van der Waals surface area contributed by atoms with Gasteiger partial charge in [-0.15, -0.1) is 0 Å². The molecular formula is C18H25N5O2. The molecule has 3 rings (SSSR count). The van der Waals surface area contributed by atoms with Gasteiger partial charge >= 0.3 is 0 Å². The van der Waals surface area contributed by atoms with Crippen LogP contribution < -0.4 is 10.2 Å². The molecule has 7 nitrogen and oxygen atoms in total. The van der Waals surface area contributed by atoms with E-state index in [1.54, 1.807) is 12.1 Å². The molecule has 1 aliphatic heterocycles. The molecule has 0 unspecified atom stereocenters. The summed E-state index contributed by atoms with van der Waals surface area (Å²) in [6.07, 6.45) is 3.76. The van der Waals surface area contributed by atoms with E-state index in [0.717, 1.165) is 44.0 Å². The number of carbonyl (C=O) groups is 1. The van der Waals surface area contributed by atoms with Crippen molar-refractivity contribution in [3.63, 3.8) is 0 Å². The van der Waals surface area contributed by atoms with Crippen molar-refractivity contribution in [1.29, 1.82) is 0 Å². The Kier molecular flexibility index (Phi) is 5.53. The molecule has 7 heteroatoms. The summed E-state index contributed by atoms with van der Waals surface area (Å²) in [5.41, 5.74) is 0.943. The molecule has 0 radical (unpaired) electrons. The van der Waals surface area contributed by atoms with Crippen molar-refractivity contribution in [3.8, 4) is 0 Å². The number of piperazine rings is 1. The Morgan fingerprint density at radius 1 is 1.28 bits per heavy atom. The van der Waals surface area contributed by atoms with E-state index in [9.17, 15) is 4.79 Å². The van der Waals surface area contributed by atoms with E-state index in [1.165, 1.54) is 6.26 Å². The Bertz CT molecular complexity index is 693. The standard InChI is InChI=1S/C18H25N5O2/c1-3-4-7-19-18-20-14(2)13-16(21-18)22-8-10-23(11-9-22)17(24)15-6-5-12-25-15/h5-6,12-13H,3-4,7-11H2,1-2H3,(H,19,20,21). The van der Waals surface area contributed by atoms with E-state index in [-0.39, 0.29) is 5.91 Å². The predicted octanol–water partition coefficient (Wildman–Crippen LogP) is 2.55. The molecule has 1 saturated heterocycles. The number of hydrogen-bond donors (Lipinski definition) is 1. The highest BCUT2D eigenvalue weighted by Gasteiger charge is 2.24. The lowest BCUT2D eigenvalue weighted by Crippen LogP contribution is -2.49. The topological polar surface area (TPSA) is 74.5 Å².